The number of nitrogens with zero attached hydrogens (tertiary/aromatic N) is 2. The summed E-state index contributed by atoms with van der Waals surface area (Å²) in [7, 11) is -3.66. The van der Waals surface area contributed by atoms with Crippen LogP contribution in [-0.2, 0) is 10.0 Å². The molecule has 0 aliphatic heterocycles. The predicted octanol–water partition coefficient (Wildman–Crippen LogP) is 1.73. The summed E-state index contributed by atoms with van der Waals surface area (Å²) in [6, 6.07) is 10.3. The van der Waals surface area contributed by atoms with Gasteiger partial charge in [0.05, 0.1) is 11.8 Å². The highest BCUT2D eigenvalue weighted by atomic mass is 32.2. The van der Waals surface area contributed by atoms with Crippen molar-refractivity contribution in [3.05, 3.63) is 36.5 Å². The van der Waals surface area contributed by atoms with Crippen LogP contribution in [-0.4, -0.2) is 23.9 Å². The van der Waals surface area contributed by atoms with E-state index in [2.05, 4.69) is 14.9 Å². The summed E-state index contributed by atoms with van der Waals surface area (Å²) >= 11 is 0. The number of nitrogens with one attached hydrogen (secondary N) is 2. The van der Waals surface area contributed by atoms with Crippen LogP contribution in [0.15, 0.2) is 36.5 Å². The molecule has 1 aromatic carbocycles. The number of aromatic nitrogens is 2. The number of rotatable bonds is 4. The number of hydrogen-bond donors (Lipinski definition) is 2. The van der Waals surface area contributed by atoms with E-state index in [0.717, 1.165) is 11.3 Å². The smallest absolute Gasteiger partial charge is 0.248 e. The third-order valence-electron chi connectivity index (χ3n) is 2.60. The number of H-pyrrole nitrogens is 1. The molecule has 2 rings (SSSR count). The molecule has 0 amide bonds. The van der Waals surface area contributed by atoms with Crippen LogP contribution in [0.2, 0.25) is 0 Å². The Hall–Kier alpha value is -2.33. The molecule has 0 saturated heterocycles. The van der Waals surface area contributed by atoms with Gasteiger partial charge in [0, 0.05) is 11.9 Å². The van der Waals surface area contributed by atoms with Gasteiger partial charge in [-0.1, -0.05) is 12.1 Å². The lowest BCUT2D eigenvalue weighted by atomic mass is 10.1. The minimum Gasteiger partial charge on any atom is -0.282 e. The third kappa shape index (κ3) is 2.92. The number of sulfonamides is 1. The van der Waals surface area contributed by atoms with Crippen molar-refractivity contribution in [3.8, 4) is 17.3 Å². The van der Waals surface area contributed by atoms with Gasteiger partial charge in [-0.2, -0.15) is 10.4 Å². The van der Waals surface area contributed by atoms with E-state index in [1.54, 1.807) is 36.5 Å². The highest BCUT2D eigenvalue weighted by Crippen LogP contribution is 2.20. The molecule has 7 heteroatoms. The van der Waals surface area contributed by atoms with E-state index in [-0.39, 0.29) is 0 Å². The zero-order chi connectivity index (χ0) is 13.9. The number of benzene rings is 1. The molecule has 0 radical (unpaired) electrons. The highest BCUT2D eigenvalue weighted by Gasteiger charge is 2.19. The van der Waals surface area contributed by atoms with Crippen LogP contribution in [0.5, 0.6) is 0 Å². The van der Waals surface area contributed by atoms with Crippen molar-refractivity contribution in [2.75, 3.05) is 4.72 Å². The number of anilines is 1. The Morgan fingerprint density at radius 1 is 1.32 bits per heavy atom. The Bertz CT molecular complexity index is 684. The largest absolute Gasteiger partial charge is 0.282 e. The Morgan fingerprint density at radius 2 is 2.00 bits per heavy atom. The van der Waals surface area contributed by atoms with Crippen molar-refractivity contribution in [2.45, 2.75) is 12.2 Å². The topological polar surface area (TPSA) is 98.6 Å². The van der Waals surface area contributed by atoms with E-state index in [1.807, 2.05) is 6.07 Å². The zero-order valence-electron chi connectivity index (χ0n) is 10.2. The fraction of sp³-hybridized carbons (Fsp3) is 0.167. The first-order chi connectivity index (χ1) is 9.03. The summed E-state index contributed by atoms with van der Waals surface area (Å²) in [5.41, 5.74) is 2.17. The second kappa shape index (κ2) is 5.12. The fourth-order valence-electron chi connectivity index (χ4n) is 1.46. The van der Waals surface area contributed by atoms with E-state index < -0.39 is 15.3 Å². The molecular weight excluding hydrogens is 264 g/mol. The average Bonchev–Trinajstić information content (AvgIpc) is 2.92. The van der Waals surface area contributed by atoms with Crippen molar-refractivity contribution >= 4 is 15.7 Å². The minimum absolute atomic E-state index is 0.422. The molecule has 98 valence electrons. The highest BCUT2D eigenvalue weighted by molar-refractivity contribution is 7.93. The van der Waals surface area contributed by atoms with E-state index in [1.165, 1.54) is 6.92 Å². The van der Waals surface area contributed by atoms with Crippen molar-refractivity contribution in [3.63, 3.8) is 0 Å². The molecule has 0 aliphatic carbocycles. The quantitative estimate of drug-likeness (QED) is 0.888. The van der Waals surface area contributed by atoms with E-state index in [9.17, 15) is 8.42 Å². The molecule has 1 unspecified atom stereocenters. The van der Waals surface area contributed by atoms with Gasteiger partial charge in [-0.05, 0) is 30.7 Å². The molecule has 0 aliphatic rings. The van der Waals surface area contributed by atoms with Crippen LogP contribution < -0.4 is 4.72 Å². The SMILES string of the molecule is CC(C#N)S(=O)(=O)Nc1ccc(-c2ccn[nH]2)cc1. The lowest BCUT2D eigenvalue weighted by molar-refractivity contribution is 0.597. The Balaban J connectivity index is 2.19. The molecule has 0 fully saturated rings. The minimum atomic E-state index is -3.66. The molecule has 2 aromatic rings. The first-order valence-electron chi connectivity index (χ1n) is 5.54. The Labute approximate surface area is 111 Å². The summed E-state index contributed by atoms with van der Waals surface area (Å²) in [4.78, 5) is 0. The van der Waals surface area contributed by atoms with Crippen molar-refractivity contribution in [1.82, 2.24) is 10.2 Å². The first kappa shape index (κ1) is 13.1. The maximum atomic E-state index is 11.7. The van der Waals surface area contributed by atoms with Crippen LogP contribution in [0.25, 0.3) is 11.3 Å². The number of aromatic amines is 1. The summed E-state index contributed by atoms with van der Waals surface area (Å²) in [5, 5.41) is 14.2. The molecular formula is C12H12N4O2S. The average molecular weight is 276 g/mol. The van der Waals surface area contributed by atoms with E-state index in [0.29, 0.717) is 5.69 Å². The van der Waals surface area contributed by atoms with Crippen molar-refractivity contribution in [2.24, 2.45) is 0 Å². The second-order valence-corrected chi connectivity index (χ2v) is 5.97. The summed E-state index contributed by atoms with van der Waals surface area (Å²) in [6.07, 6.45) is 1.64. The van der Waals surface area contributed by atoms with Gasteiger partial charge in [0.15, 0.2) is 5.25 Å². The molecule has 0 saturated carbocycles. The van der Waals surface area contributed by atoms with Crippen LogP contribution in [0, 0.1) is 11.3 Å². The van der Waals surface area contributed by atoms with Crippen LogP contribution in [0.3, 0.4) is 0 Å². The number of hydrogen-bond acceptors (Lipinski definition) is 4. The van der Waals surface area contributed by atoms with E-state index in [4.69, 9.17) is 5.26 Å². The van der Waals surface area contributed by atoms with Gasteiger partial charge in [0.2, 0.25) is 10.0 Å². The maximum absolute atomic E-state index is 11.7. The lowest BCUT2D eigenvalue weighted by Gasteiger charge is -2.09. The van der Waals surface area contributed by atoms with Gasteiger partial charge in [0.1, 0.15) is 0 Å². The van der Waals surface area contributed by atoms with Crippen LogP contribution in [0.1, 0.15) is 6.92 Å². The second-order valence-electron chi connectivity index (χ2n) is 3.97. The molecule has 1 heterocycles. The summed E-state index contributed by atoms with van der Waals surface area (Å²) < 4.78 is 25.8. The van der Waals surface area contributed by atoms with Gasteiger partial charge in [-0.3, -0.25) is 9.82 Å². The maximum Gasteiger partial charge on any atom is 0.248 e. The molecule has 0 spiro atoms. The fourth-order valence-corrected chi connectivity index (χ4v) is 2.24. The molecule has 19 heavy (non-hydrogen) atoms. The zero-order valence-corrected chi connectivity index (χ0v) is 11.0. The molecule has 1 atom stereocenters. The summed E-state index contributed by atoms with van der Waals surface area (Å²) in [5.74, 6) is 0. The van der Waals surface area contributed by atoms with Gasteiger partial charge >= 0.3 is 0 Å². The lowest BCUT2D eigenvalue weighted by Crippen LogP contribution is -2.23. The Morgan fingerprint density at radius 3 is 2.53 bits per heavy atom. The standard InChI is InChI=1S/C12H12N4O2S/c1-9(8-13)19(17,18)16-11-4-2-10(3-5-11)12-6-7-14-15-12/h2-7,9,16H,1H3,(H,14,15). The van der Waals surface area contributed by atoms with Crippen LogP contribution in [0.4, 0.5) is 5.69 Å². The van der Waals surface area contributed by atoms with Gasteiger partial charge < -0.3 is 0 Å². The predicted molar refractivity (Wildman–Crippen MR) is 71.6 cm³/mol. The van der Waals surface area contributed by atoms with E-state index >= 15 is 0 Å². The molecule has 0 bridgehead atoms. The number of nitriles is 1. The third-order valence-corrected chi connectivity index (χ3v) is 4.16. The van der Waals surface area contributed by atoms with Crippen molar-refractivity contribution in [1.29, 1.82) is 5.26 Å². The van der Waals surface area contributed by atoms with Gasteiger partial charge in [-0.25, -0.2) is 8.42 Å². The molecule has 2 N–H and O–H groups in total. The van der Waals surface area contributed by atoms with Crippen molar-refractivity contribution < 1.29 is 8.42 Å². The first-order valence-corrected chi connectivity index (χ1v) is 7.08. The van der Waals surface area contributed by atoms with Crippen LogP contribution >= 0.6 is 0 Å². The molecule has 1 aromatic heterocycles. The molecule has 6 nitrogen and oxygen atoms in total. The monoisotopic (exact) mass is 276 g/mol. The summed E-state index contributed by atoms with van der Waals surface area (Å²) in [6.45, 7) is 1.33. The Kier molecular flexibility index (Phi) is 3.53. The van der Waals surface area contributed by atoms with Gasteiger partial charge in [0.25, 0.3) is 0 Å². The normalized spacial score (nSPS) is 12.6. The van der Waals surface area contributed by atoms with Gasteiger partial charge in [-0.15, -0.1) is 0 Å².